The molecule has 1 unspecified atom stereocenters. The van der Waals surface area contributed by atoms with Crippen LogP contribution in [0.25, 0.3) is 11.0 Å². The molecule has 0 fully saturated rings. The maximum absolute atomic E-state index is 12.4. The summed E-state index contributed by atoms with van der Waals surface area (Å²) in [5.74, 6) is 0.348. The molecule has 1 amide bonds. The normalized spacial score (nSPS) is 12.0. The number of carbonyl (C=O) groups is 1. The van der Waals surface area contributed by atoms with E-state index in [-0.39, 0.29) is 11.6 Å². The SMILES string of the molecule is Cc1cccc(C)c1OCC(C)NC(=O)c1cc2ccccc2oc1=O. The molecule has 0 bridgehead atoms. The highest BCUT2D eigenvalue weighted by molar-refractivity contribution is 5.96. The van der Waals surface area contributed by atoms with Gasteiger partial charge in [0, 0.05) is 5.39 Å². The molecule has 5 nitrogen and oxygen atoms in total. The summed E-state index contributed by atoms with van der Waals surface area (Å²) < 4.78 is 11.1. The Bertz CT molecular complexity index is 986. The van der Waals surface area contributed by atoms with Crippen LogP contribution in [0.2, 0.25) is 0 Å². The second-order valence-corrected chi connectivity index (χ2v) is 6.39. The van der Waals surface area contributed by atoms with E-state index in [9.17, 15) is 9.59 Å². The quantitative estimate of drug-likeness (QED) is 0.713. The first-order chi connectivity index (χ1) is 12.5. The summed E-state index contributed by atoms with van der Waals surface area (Å²) in [4.78, 5) is 24.5. The van der Waals surface area contributed by atoms with Gasteiger partial charge in [-0.05, 0) is 44.0 Å². The number of ether oxygens (including phenoxy) is 1. The molecule has 3 aromatic rings. The van der Waals surface area contributed by atoms with Gasteiger partial charge in [-0.15, -0.1) is 0 Å². The van der Waals surface area contributed by atoms with Gasteiger partial charge in [0.2, 0.25) is 0 Å². The maximum atomic E-state index is 12.4. The molecule has 0 aliphatic carbocycles. The molecule has 0 aliphatic heterocycles. The Balaban J connectivity index is 1.70. The lowest BCUT2D eigenvalue weighted by Crippen LogP contribution is -2.38. The summed E-state index contributed by atoms with van der Waals surface area (Å²) in [6, 6.07) is 14.3. The lowest BCUT2D eigenvalue weighted by molar-refractivity contribution is 0.0923. The Morgan fingerprint density at radius 2 is 1.81 bits per heavy atom. The minimum atomic E-state index is -0.649. The van der Waals surface area contributed by atoms with Gasteiger partial charge in [0.05, 0.1) is 6.04 Å². The smallest absolute Gasteiger partial charge is 0.349 e. The van der Waals surface area contributed by atoms with E-state index in [1.807, 2.05) is 45.0 Å². The van der Waals surface area contributed by atoms with Gasteiger partial charge in [0.1, 0.15) is 23.5 Å². The van der Waals surface area contributed by atoms with Crippen molar-refractivity contribution < 1.29 is 13.9 Å². The molecular weight excluding hydrogens is 330 g/mol. The number of aryl methyl sites for hydroxylation is 2. The van der Waals surface area contributed by atoms with Crippen molar-refractivity contribution in [1.82, 2.24) is 5.32 Å². The minimum Gasteiger partial charge on any atom is -0.491 e. The van der Waals surface area contributed by atoms with E-state index in [1.54, 1.807) is 24.3 Å². The number of hydrogen-bond acceptors (Lipinski definition) is 4. The average Bonchev–Trinajstić information content (AvgIpc) is 2.60. The van der Waals surface area contributed by atoms with E-state index >= 15 is 0 Å². The summed E-state index contributed by atoms with van der Waals surface area (Å²) in [5, 5.41) is 3.49. The van der Waals surface area contributed by atoms with E-state index in [1.165, 1.54) is 0 Å². The number of nitrogens with one attached hydrogen (secondary N) is 1. The second-order valence-electron chi connectivity index (χ2n) is 6.39. The van der Waals surface area contributed by atoms with Gasteiger partial charge in [0.25, 0.3) is 5.91 Å². The van der Waals surface area contributed by atoms with Gasteiger partial charge < -0.3 is 14.5 Å². The maximum Gasteiger partial charge on any atom is 0.349 e. The monoisotopic (exact) mass is 351 g/mol. The second kappa shape index (κ2) is 7.44. The number of fused-ring (bicyclic) bond motifs is 1. The largest absolute Gasteiger partial charge is 0.491 e. The average molecular weight is 351 g/mol. The van der Waals surface area contributed by atoms with Gasteiger partial charge in [-0.2, -0.15) is 0 Å². The predicted molar refractivity (Wildman–Crippen MR) is 101 cm³/mol. The minimum absolute atomic E-state index is 0.0115. The van der Waals surface area contributed by atoms with Crippen molar-refractivity contribution in [3.8, 4) is 5.75 Å². The molecule has 0 aliphatic rings. The fraction of sp³-hybridized carbons (Fsp3) is 0.238. The van der Waals surface area contributed by atoms with Crippen molar-refractivity contribution in [2.24, 2.45) is 0 Å². The first-order valence-electron chi connectivity index (χ1n) is 8.48. The van der Waals surface area contributed by atoms with Crippen LogP contribution in [0.4, 0.5) is 0 Å². The van der Waals surface area contributed by atoms with Gasteiger partial charge in [-0.3, -0.25) is 4.79 Å². The summed E-state index contributed by atoms with van der Waals surface area (Å²) in [6.07, 6.45) is 0. The molecule has 1 atom stereocenters. The van der Waals surface area contributed by atoms with Gasteiger partial charge in [-0.1, -0.05) is 36.4 Å². The Labute approximate surface area is 151 Å². The van der Waals surface area contributed by atoms with Crippen molar-refractivity contribution in [3.05, 3.63) is 75.6 Å². The molecule has 0 saturated heterocycles. The van der Waals surface area contributed by atoms with Crippen LogP contribution in [0.1, 0.15) is 28.4 Å². The highest BCUT2D eigenvalue weighted by atomic mass is 16.5. The fourth-order valence-corrected chi connectivity index (χ4v) is 2.80. The van der Waals surface area contributed by atoms with E-state index in [0.717, 1.165) is 16.9 Å². The molecule has 3 rings (SSSR count). The number of hydrogen-bond donors (Lipinski definition) is 1. The van der Waals surface area contributed by atoms with Gasteiger partial charge >= 0.3 is 5.63 Å². The Kier molecular flexibility index (Phi) is 5.07. The van der Waals surface area contributed by atoms with Gasteiger partial charge in [-0.25, -0.2) is 4.79 Å². The Morgan fingerprint density at radius 1 is 1.12 bits per heavy atom. The van der Waals surface area contributed by atoms with Crippen LogP contribution in [-0.2, 0) is 0 Å². The summed E-state index contributed by atoms with van der Waals surface area (Å²) in [5.41, 5.74) is 1.88. The van der Waals surface area contributed by atoms with Crippen molar-refractivity contribution in [1.29, 1.82) is 0 Å². The molecule has 1 aromatic heterocycles. The summed E-state index contributed by atoms with van der Waals surface area (Å²) >= 11 is 0. The fourth-order valence-electron chi connectivity index (χ4n) is 2.80. The van der Waals surface area contributed by atoms with Crippen LogP contribution in [-0.4, -0.2) is 18.6 Å². The molecular formula is C21H21NO4. The van der Waals surface area contributed by atoms with Crippen molar-refractivity contribution in [2.75, 3.05) is 6.61 Å². The highest BCUT2D eigenvalue weighted by Crippen LogP contribution is 2.22. The molecule has 1 N–H and O–H groups in total. The van der Waals surface area contributed by atoms with E-state index in [0.29, 0.717) is 17.6 Å². The van der Waals surface area contributed by atoms with Crippen LogP contribution in [0, 0.1) is 13.8 Å². The highest BCUT2D eigenvalue weighted by Gasteiger charge is 2.16. The Hall–Kier alpha value is -3.08. The molecule has 5 heteroatoms. The van der Waals surface area contributed by atoms with Crippen molar-refractivity contribution >= 4 is 16.9 Å². The van der Waals surface area contributed by atoms with E-state index in [4.69, 9.17) is 9.15 Å². The van der Waals surface area contributed by atoms with Crippen LogP contribution < -0.4 is 15.7 Å². The zero-order chi connectivity index (χ0) is 18.7. The third-order valence-electron chi connectivity index (χ3n) is 4.15. The first kappa shape index (κ1) is 17.7. The summed E-state index contributed by atoms with van der Waals surface area (Å²) in [7, 11) is 0. The number of amides is 1. The van der Waals surface area contributed by atoms with Crippen LogP contribution >= 0.6 is 0 Å². The third-order valence-corrected chi connectivity index (χ3v) is 4.15. The topological polar surface area (TPSA) is 68.5 Å². The summed E-state index contributed by atoms with van der Waals surface area (Å²) in [6.45, 7) is 6.09. The first-order valence-corrected chi connectivity index (χ1v) is 8.48. The number of benzene rings is 2. The lowest BCUT2D eigenvalue weighted by Gasteiger charge is -2.17. The standard InChI is InChI=1S/C21H21NO4/c1-13-7-6-8-14(2)19(13)25-12-15(3)22-20(23)17-11-16-9-4-5-10-18(16)26-21(17)24/h4-11,15H,12H2,1-3H3,(H,22,23). The van der Waals surface area contributed by atoms with E-state index < -0.39 is 11.5 Å². The molecule has 2 aromatic carbocycles. The number of rotatable bonds is 5. The van der Waals surface area contributed by atoms with E-state index in [2.05, 4.69) is 5.32 Å². The van der Waals surface area contributed by atoms with Crippen LogP contribution in [0.5, 0.6) is 5.75 Å². The molecule has 0 spiro atoms. The van der Waals surface area contributed by atoms with Gasteiger partial charge in [0.15, 0.2) is 0 Å². The van der Waals surface area contributed by atoms with Crippen molar-refractivity contribution in [2.45, 2.75) is 26.8 Å². The zero-order valence-corrected chi connectivity index (χ0v) is 15.0. The molecule has 134 valence electrons. The number of carbonyl (C=O) groups excluding carboxylic acids is 1. The molecule has 26 heavy (non-hydrogen) atoms. The van der Waals surface area contributed by atoms with Crippen molar-refractivity contribution in [3.63, 3.8) is 0 Å². The third kappa shape index (κ3) is 3.77. The van der Waals surface area contributed by atoms with Crippen LogP contribution in [0.3, 0.4) is 0 Å². The number of para-hydroxylation sites is 2. The van der Waals surface area contributed by atoms with Crippen LogP contribution in [0.15, 0.2) is 57.7 Å². The lowest BCUT2D eigenvalue weighted by atomic mass is 10.1. The predicted octanol–water partition coefficient (Wildman–Crippen LogP) is 3.61. The Morgan fingerprint density at radius 3 is 2.54 bits per heavy atom. The molecule has 0 radical (unpaired) electrons. The molecule has 1 heterocycles. The molecule has 0 saturated carbocycles. The zero-order valence-electron chi connectivity index (χ0n) is 15.0.